The lowest BCUT2D eigenvalue weighted by Gasteiger charge is -2.11. The van der Waals surface area contributed by atoms with Gasteiger partial charge in [0.2, 0.25) is 5.78 Å². The monoisotopic (exact) mass is 328 g/mol. The Bertz CT molecular complexity index is 617. The number of rotatable bonds is 3. The quantitative estimate of drug-likeness (QED) is 0.804. The van der Waals surface area contributed by atoms with Crippen molar-refractivity contribution >= 4 is 21.7 Å². The van der Waals surface area contributed by atoms with Crippen molar-refractivity contribution in [1.29, 1.82) is 0 Å². The first-order valence-corrected chi connectivity index (χ1v) is 6.44. The lowest BCUT2D eigenvalue weighted by Crippen LogP contribution is -2.16. The van der Waals surface area contributed by atoms with Gasteiger partial charge in [-0.05, 0) is 41.9 Å². The first-order valence-electron chi connectivity index (χ1n) is 5.65. The van der Waals surface area contributed by atoms with Crippen LogP contribution in [-0.2, 0) is 0 Å². The molecule has 0 aliphatic rings. The summed E-state index contributed by atoms with van der Waals surface area (Å²) in [4.78, 5) is 12.3. The second kappa shape index (κ2) is 5.21. The van der Waals surface area contributed by atoms with Crippen LogP contribution in [-0.4, -0.2) is 15.6 Å². The standard InChI is InChI=1S/C13H11BrF2N2O/c1-7(2)18-12(8(14)6-17-18)13(19)11-9(15)4-3-5-10(11)16/h3-7H,1-2H3. The van der Waals surface area contributed by atoms with Gasteiger partial charge in [0, 0.05) is 6.04 Å². The van der Waals surface area contributed by atoms with Gasteiger partial charge in [-0.25, -0.2) is 8.78 Å². The van der Waals surface area contributed by atoms with Gasteiger partial charge in [0.25, 0.3) is 0 Å². The number of ketones is 1. The van der Waals surface area contributed by atoms with Gasteiger partial charge in [-0.1, -0.05) is 6.07 Å². The third-order valence-corrected chi connectivity index (χ3v) is 3.23. The zero-order chi connectivity index (χ0) is 14.2. The van der Waals surface area contributed by atoms with Crippen molar-refractivity contribution in [1.82, 2.24) is 9.78 Å². The highest BCUT2D eigenvalue weighted by Crippen LogP contribution is 2.25. The number of nitrogens with zero attached hydrogens (tertiary/aromatic N) is 2. The molecule has 0 fully saturated rings. The van der Waals surface area contributed by atoms with Gasteiger partial charge in [-0.15, -0.1) is 0 Å². The fourth-order valence-electron chi connectivity index (χ4n) is 1.78. The zero-order valence-electron chi connectivity index (χ0n) is 10.3. The molecule has 2 rings (SSSR count). The fraction of sp³-hybridized carbons (Fsp3) is 0.231. The minimum atomic E-state index is -0.881. The number of benzene rings is 1. The van der Waals surface area contributed by atoms with Crippen molar-refractivity contribution < 1.29 is 13.6 Å². The Morgan fingerprint density at radius 3 is 2.42 bits per heavy atom. The molecule has 6 heteroatoms. The third kappa shape index (κ3) is 2.45. The largest absolute Gasteiger partial charge is 0.287 e. The van der Waals surface area contributed by atoms with Crippen LogP contribution in [0.3, 0.4) is 0 Å². The molecule has 100 valence electrons. The average Bonchev–Trinajstić information content (AvgIpc) is 2.70. The maximum Gasteiger partial charge on any atom is 0.218 e. The summed E-state index contributed by atoms with van der Waals surface area (Å²) in [5, 5.41) is 4.03. The van der Waals surface area contributed by atoms with Gasteiger partial charge in [0.05, 0.1) is 16.2 Å². The Labute approximate surface area is 117 Å². The molecule has 1 aromatic carbocycles. The van der Waals surface area contributed by atoms with Gasteiger partial charge in [-0.3, -0.25) is 9.48 Å². The van der Waals surface area contributed by atoms with Gasteiger partial charge >= 0.3 is 0 Å². The second-order valence-corrected chi connectivity index (χ2v) is 5.16. The summed E-state index contributed by atoms with van der Waals surface area (Å²) >= 11 is 3.18. The number of hydrogen-bond acceptors (Lipinski definition) is 2. The first kappa shape index (κ1) is 13.9. The van der Waals surface area contributed by atoms with E-state index in [2.05, 4.69) is 21.0 Å². The summed E-state index contributed by atoms with van der Waals surface area (Å²) in [7, 11) is 0. The molecule has 0 saturated carbocycles. The summed E-state index contributed by atoms with van der Waals surface area (Å²) in [6, 6.07) is 3.23. The molecule has 0 spiro atoms. The molecule has 0 amide bonds. The molecule has 0 N–H and O–H groups in total. The van der Waals surface area contributed by atoms with Crippen LogP contribution in [0.2, 0.25) is 0 Å². The van der Waals surface area contributed by atoms with Crippen molar-refractivity contribution in [3.05, 3.63) is 51.8 Å². The number of carbonyl (C=O) groups is 1. The van der Waals surface area contributed by atoms with Gasteiger partial charge < -0.3 is 0 Å². The molecule has 0 radical (unpaired) electrons. The molecule has 3 nitrogen and oxygen atoms in total. The van der Waals surface area contributed by atoms with Crippen LogP contribution in [0.1, 0.15) is 35.9 Å². The summed E-state index contributed by atoms with van der Waals surface area (Å²) in [6.07, 6.45) is 1.44. The van der Waals surface area contributed by atoms with Crippen LogP contribution in [0, 0.1) is 11.6 Å². The lowest BCUT2D eigenvalue weighted by molar-refractivity contribution is 0.101. The zero-order valence-corrected chi connectivity index (χ0v) is 11.9. The predicted molar refractivity (Wildman–Crippen MR) is 70.1 cm³/mol. The Kier molecular flexibility index (Phi) is 3.80. The minimum absolute atomic E-state index is 0.0971. The molecule has 0 aliphatic carbocycles. The SMILES string of the molecule is CC(C)n1ncc(Br)c1C(=O)c1c(F)cccc1F. The maximum absolute atomic E-state index is 13.7. The van der Waals surface area contributed by atoms with Crippen LogP contribution < -0.4 is 0 Å². The number of aromatic nitrogens is 2. The molecule has 0 saturated heterocycles. The van der Waals surface area contributed by atoms with Crippen LogP contribution in [0.25, 0.3) is 0 Å². The molecule has 0 unspecified atom stereocenters. The van der Waals surface area contributed by atoms with E-state index in [1.54, 1.807) is 0 Å². The molecule has 19 heavy (non-hydrogen) atoms. The molecular weight excluding hydrogens is 318 g/mol. The van der Waals surface area contributed by atoms with E-state index in [9.17, 15) is 13.6 Å². The highest BCUT2D eigenvalue weighted by Gasteiger charge is 2.25. The van der Waals surface area contributed by atoms with Crippen molar-refractivity contribution in [2.24, 2.45) is 0 Å². The summed E-state index contributed by atoms with van der Waals surface area (Å²) in [5.41, 5.74) is -0.426. The average molecular weight is 329 g/mol. The number of hydrogen-bond donors (Lipinski definition) is 0. The van der Waals surface area contributed by atoms with E-state index in [0.717, 1.165) is 12.1 Å². The molecule has 0 aliphatic heterocycles. The fourth-order valence-corrected chi connectivity index (χ4v) is 2.23. The van der Waals surface area contributed by atoms with E-state index in [4.69, 9.17) is 0 Å². The highest BCUT2D eigenvalue weighted by atomic mass is 79.9. The van der Waals surface area contributed by atoms with Crippen LogP contribution in [0.15, 0.2) is 28.9 Å². The molecule has 2 aromatic rings. The van der Waals surface area contributed by atoms with E-state index in [1.165, 1.54) is 16.9 Å². The van der Waals surface area contributed by atoms with Crippen molar-refractivity contribution in [3.8, 4) is 0 Å². The van der Waals surface area contributed by atoms with Crippen molar-refractivity contribution in [3.63, 3.8) is 0 Å². The Morgan fingerprint density at radius 2 is 1.89 bits per heavy atom. The predicted octanol–water partition coefficient (Wildman–Crippen LogP) is 3.74. The van der Waals surface area contributed by atoms with Gasteiger partial charge in [0.15, 0.2) is 0 Å². The molecule has 0 atom stereocenters. The van der Waals surface area contributed by atoms with E-state index >= 15 is 0 Å². The van der Waals surface area contributed by atoms with Crippen molar-refractivity contribution in [2.45, 2.75) is 19.9 Å². The topological polar surface area (TPSA) is 34.9 Å². The van der Waals surface area contributed by atoms with Gasteiger partial charge in [-0.2, -0.15) is 5.10 Å². The Hall–Kier alpha value is -1.56. The van der Waals surface area contributed by atoms with E-state index in [1.807, 2.05) is 13.8 Å². The number of carbonyl (C=O) groups excluding carboxylic acids is 1. The minimum Gasteiger partial charge on any atom is -0.287 e. The second-order valence-electron chi connectivity index (χ2n) is 4.31. The van der Waals surface area contributed by atoms with Gasteiger partial charge in [0.1, 0.15) is 17.3 Å². The summed E-state index contributed by atoms with van der Waals surface area (Å²) in [5.74, 6) is -2.49. The van der Waals surface area contributed by atoms with Crippen LogP contribution >= 0.6 is 15.9 Å². The molecule has 1 heterocycles. The maximum atomic E-state index is 13.7. The normalized spacial score (nSPS) is 11.1. The van der Waals surface area contributed by atoms with E-state index in [-0.39, 0.29) is 11.7 Å². The summed E-state index contributed by atoms with van der Waals surface area (Å²) < 4.78 is 29.1. The Morgan fingerprint density at radius 1 is 1.32 bits per heavy atom. The van der Waals surface area contributed by atoms with E-state index < -0.39 is 23.0 Å². The third-order valence-electron chi connectivity index (χ3n) is 2.64. The van der Waals surface area contributed by atoms with E-state index in [0.29, 0.717) is 4.47 Å². The van der Waals surface area contributed by atoms with Crippen LogP contribution in [0.5, 0.6) is 0 Å². The first-order chi connectivity index (χ1) is 8.93. The molecular formula is C13H11BrF2N2O. The highest BCUT2D eigenvalue weighted by molar-refractivity contribution is 9.10. The number of halogens is 3. The van der Waals surface area contributed by atoms with Crippen LogP contribution in [0.4, 0.5) is 8.78 Å². The summed E-state index contributed by atoms with van der Waals surface area (Å²) in [6.45, 7) is 3.65. The Balaban J connectivity index is 2.60. The lowest BCUT2D eigenvalue weighted by atomic mass is 10.1. The smallest absolute Gasteiger partial charge is 0.218 e. The molecule has 0 bridgehead atoms. The molecule has 1 aromatic heterocycles. The van der Waals surface area contributed by atoms with Crippen molar-refractivity contribution in [2.75, 3.05) is 0 Å².